The average Bonchev–Trinajstić information content (AvgIpc) is 3.45. The van der Waals surface area contributed by atoms with Gasteiger partial charge in [-0.3, -0.25) is 9.69 Å². The van der Waals surface area contributed by atoms with Crippen molar-refractivity contribution in [1.82, 2.24) is 14.5 Å². The molecule has 0 saturated carbocycles. The molecule has 1 atom stereocenters. The fourth-order valence-electron chi connectivity index (χ4n) is 5.69. The number of hydrogen-bond donors (Lipinski definition) is 1. The first-order valence-corrected chi connectivity index (χ1v) is 16.9. The van der Waals surface area contributed by atoms with E-state index in [0.29, 0.717) is 18.7 Å². The van der Waals surface area contributed by atoms with Crippen LogP contribution >= 0.6 is 0 Å². The maximum atomic E-state index is 13.9. The lowest BCUT2D eigenvalue weighted by Gasteiger charge is -2.35. The van der Waals surface area contributed by atoms with Gasteiger partial charge in [0.15, 0.2) is 0 Å². The molecule has 2 aliphatic heterocycles. The molecule has 2 saturated heterocycles. The molecule has 2 aliphatic rings. The van der Waals surface area contributed by atoms with Gasteiger partial charge in [-0.25, -0.2) is 21.6 Å². The molecular formula is C30H32F3N3O5S2. The Morgan fingerprint density at radius 2 is 1.44 bits per heavy atom. The van der Waals surface area contributed by atoms with Gasteiger partial charge in [0.2, 0.25) is 25.8 Å². The topological polar surface area (TPSA) is 104 Å². The first-order chi connectivity index (χ1) is 20.4. The van der Waals surface area contributed by atoms with E-state index in [2.05, 4.69) is 9.62 Å². The van der Waals surface area contributed by atoms with E-state index in [-0.39, 0.29) is 42.8 Å². The van der Waals surface area contributed by atoms with Crippen LogP contribution in [0.5, 0.6) is 0 Å². The Labute approximate surface area is 249 Å². The Bertz CT molecular complexity index is 1660. The SMILES string of the molecule is O=C([C@H]1CCCN1Cc1ccccc1)N1CCC(NS(=O)(=O)c2cc(S(=O)(=O)c3ccccc3)ccc2C(F)(F)F)CC1. The van der Waals surface area contributed by atoms with E-state index in [1.165, 1.54) is 24.3 Å². The molecule has 0 bridgehead atoms. The van der Waals surface area contributed by atoms with Gasteiger partial charge >= 0.3 is 6.18 Å². The number of amides is 1. The van der Waals surface area contributed by atoms with Crippen LogP contribution in [0.2, 0.25) is 0 Å². The molecule has 0 unspecified atom stereocenters. The summed E-state index contributed by atoms with van der Waals surface area (Å²) in [4.78, 5) is 15.3. The zero-order valence-corrected chi connectivity index (χ0v) is 24.8. The predicted molar refractivity (Wildman–Crippen MR) is 153 cm³/mol. The number of nitrogens with zero attached hydrogens (tertiary/aromatic N) is 2. The summed E-state index contributed by atoms with van der Waals surface area (Å²) in [6.45, 7) is 1.93. The van der Waals surface area contributed by atoms with Gasteiger partial charge in [-0.15, -0.1) is 0 Å². The number of benzene rings is 3. The summed E-state index contributed by atoms with van der Waals surface area (Å²) >= 11 is 0. The number of sulfonamides is 1. The van der Waals surface area contributed by atoms with Crippen molar-refractivity contribution in [2.24, 2.45) is 0 Å². The van der Waals surface area contributed by atoms with Gasteiger partial charge in [0.05, 0.1) is 26.3 Å². The van der Waals surface area contributed by atoms with E-state index in [9.17, 15) is 34.8 Å². The third kappa shape index (κ3) is 6.95. The number of rotatable bonds is 8. The molecule has 3 aromatic carbocycles. The standard InChI is InChI=1S/C30H32F3N3O5S2/c31-30(32,33)26-14-13-25(42(38,39)24-10-5-2-6-11-24)20-28(26)43(40,41)34-23-15-18-35(19-16-23)29(37)27-12-7-17-36(27)21-22-8-3-1-4-9-22/h1-6,8-11,13-14,20,23,27,34H,7,12,15-19,21H2/t27-/m1/s1. The molecule has 0 radical (unpaired) electrons. The van der Waals surface area contributed by atoms with E-state index >= 15 is 0 Å². The minimum Gasteiger partial charge on any atom is -0.341 e. The lowest BCUT2D eigenvalue weighted by molar-refractivity contribution is -0.140. The van der Waals surface area contributed by atoms with Crippen LogP contribution in [0, 0.1) is 0 Å². The van der Waals surface area contributed by atoms with Crippen LogP contribution in [-0.2, 0) is 37.4 Å². The minimum atomic E-state index is -5.04. The molecule has 8 nitrogen and oxygen atoms in total. The highest BCUT2D eigenvalue weighted by atomic mass is 32.2. The predicted octanol–water partition coefficient (Wildman–Crippen LogP) is 4.47. The highest BCUT2D eigenvalue weighted by Gasteiger charge is 2.40. The van der Waals surface area contributed by atoms with Crippen molar-refractivity contribution in [3.05, 3.63) is 90.0 Å². The van der Waals surface area contributed by atoms with Crippen LogP contribution in [0.15, 0.2) is 93.5 Å². The van der Waals surface area contributed by atoms with Gasteiger partial charge in [-0.1, -0.05) is 48.5 Å². The molecule has 43 heavy (non-hydrogen) atoms. The second-order valence-electron chi connectivity index (χ2n) is 10.8. The maximum Gasteiger partial charge on any atom is 0.417 e. The van der Waals surface area contributed by atoms with Gasteiger partial charge in [0, 0.05) is 25.7 Å². The Morgan fingerprint density at radius 3 is 2.07 bits per heavy atom. The average molecular weight is 636 g/mol. The summed E-state index contributed by atoms with van der Waals surface area (Å²) in [5, 5.41) is 0. The van der Waals surface area contributed by atoms with Crippen LogP contribution in [-0.4, -0.2) is 64.3 Å². The summed E-state index contributed by atoms with van der Waals surface area (Å²) in [6, 6.07) is 17.7. The molecule has 230 valence electrons. The summed E-state index contributed by atoms with van der Waals surface area (Å²) in [7, 11) is -9.06. The van der Waals surface area contributed by atoms with E-state index in [0.717, 1.165) is 31.0 Å². The van der Waals surface area contributed by atoms with Crippen molar-refractivity contribution >= 4 is 25.8 Å². The van der Waals surface area contributed by atoms with Crippen molar-refractivity contribution in [2.75, 3.05) is 19.6 Å². The van der Waals surface area contributed by atoms with E-state index in [1.54, 1.807) is 11.0 Å². The van der Waals surface area contributed by atoms with Crippen molar-refractivity contribution in [1.29, 1.82) is 0 Å². The molecular weight excluding hydrogens is 603 g/mol. The number of alkyl halides is 3. The van der Waals surface area contributed by atoms with E-state index in [4.69, 9.17) is 0 Å². The Balaban J connectivity index is 1.29. The number of piperidine rings is 1. The summed E-state index contributed by atoms with van der Waals surface area (Å²) in [5.41, 5.74) is -0.353. The fourth-order valence-corrected chi connectivity index (χ4v) is 8.63. The number of carbonyl (C=O) groups excluding carboxylic acids is 1. The first-order valence-electron chi connectivity index (χ1n) is 14.0. The largest absolute Gasteiger partial charge is 0.417 e. The Kier molecular flexibility index (Phi) is 8.98. The Hall–Kier alpha value is -3.26. The maximum absolute atomic E-state index is 13.9. The van der Waals surface area contributed by atoms with Crippen LogP contribution in [0.1, 0.15) is 36.8 Å². The second kappa shape index (κ2) is 12.4. The normalized spacial score (nSPS) is 19.0. The molecule has 5 rings (SSSR count). The van der Waals surface area contributed by atoms with E-state index in [1.807, 2.05) is 30.3 Å². The fraction of sp³-hybridized carbons (Fsp3) is 0.367. The molecule has 0 aliphatic carbocycles. The Morgan fingerprint density at radius 1 is 0.814 bits per heavy atom. The molecule has 2 fully saturated rings. The van der Waals surface area contributed by atoms with Crippen molar-refractivity contribution < 1.29 is 34.8 Å². The monoisotopic (exact) mass is 635 g/mol. The summed E-state index contributed by atoms with van der Waals surface area (Å²) in [6.07, 6.45) is -3.01. The quantitative estimate of drug-likeness (QED) is 0.392. The van der Waals surface area contributed by atoms with Gasteiger partial charge in [0.1, 0.15) is 0 Å². The summed E-state index contributed by atoms with van der Waals surface area (Å²) < 4.78 is 96.8. The molecule has 13 heteroatoms. The van der Waals surface area contributed by atoms with Gasteiger partial charge in [-0.2, -0.15) is 13.2 Å². The third-order valence-corrected chi connectivity index (χ3v) is 11.2. The minimum absolute atomic E-state index is 0.0343. The van der Waals surface area contributed by atoms with E-state index < -0.39 is 47.4 Å². The highest BCUT2D eigenvalue weighted by Crippen LogP contribution is 2.36. The number of likely N-dealkylation sites (tertiary alicyclic amines) is 2. The van der Waals surface area contributed by atoms with Crippen LogP contribution in [0.3, 0.4) is 0 Å². The van der Waals surface area contributed by atoms with Crippen LogP contribution in [0.25, 0.3) is 0 Å². The molecule has 3 aromatic rings. The van der Waals surface area contributed by atoms with Crippen LogP contribution < -0.4 is 4.72 Å². The smallest absolute Gasteiger partial charge is 0.341 e. The van der Waals surface area contributed by atoms with Gasteiger partial charge in [-0.05, 0) is 68.1 Å². The van der Waals surface area contributed by atoms with Gasteiger partial charge < -0.3 is 4.90 Å². The lowest BCUT2D eigenvalue weighted by atomic mass is 10.0. The van der Waals surface area contributed by atoms with Gasteiger partial charge in [0.25, 0.3) is 0 Å². The van der Waals surface area contributed by atoms with Crippen LogP contribution in [0.4, 0.5) is 13.2 Å². The van der Waals surface area contributed by atoms with Crippen molar-refractivity contribution in [2.45, 2.75) is 65.2 Å². The molecule has 1 N–H and O–H groups in total. The highest BCUT2D eigenvalue weighted by molar-refractivity contribution is 7.91. The number of carbonyl (C=O) groups is 1. The zero-order valence-electron chi connectivity index (χ0n) is 23.2. The summed E-state index contributed by atoms with van der Waals surface area (Å²) in [5.74, 6) is -0.0343. The molecule has 2 heterocycles. The van der Waals surface area contributed by atoms with Crippen molar-refractivity contribution in [3.63, 3.8) is 0 Å². The third-order valence-electron chi connectivity index (χ3n) is 7.92. The van der Waals surface area contributed by atoms with Crippen molar-refractivity contribution in [3.8, 4) is 0 Å². The zero-order chi connectivity index (χ0) is 30.8. The number of sulfone groups is 1. The number of hydrogen-bond acceptors (Lipinski definition) is 6. The lowest BCUT2D eigenvalue weighted by Crippen LogP contribution is -2.51. The first kappa shape index (κ1) is 31.2. The second-order valence-corrected chi connectivity index (χ2v) is 14.4. The molecule has 0 aromatic heterocycles. The number of halogens is 3. The molecule has 0 spiro atoms. The number of nitrogens with one attached hydrogen (secondary N) is 1. The molecule has 1 amide bonds.